The lowest BCUT2D eigenvalue weighted by atomic mass is 9.97. The van der Waals surface area contributed by atoms with E-state index in [2.05, 4.69) is 11.8 Å². The summed E-state index contributed by atoms with van der Waals surface area (Å²) < 4.78 is 0. The summed E-state index contributed by atoms with van der Waals surface area (Å²) in [6.45, 7) is 2.11. The number of hydrogen-bond donors (Lipinski definition) is 1. The Balaban J connectivity index is 2.33. The molecule has 2 rings (SSSR count). The van der Waals surface area contributed by atoms with Crippen LogP contribution in [-0.4, -0.2) is 11.9 Å². The smallest absolute Gasteiger partial charge is 0.246 e. The Morgan fingerprint density at radius 3 is 2.67 bits per heavy atom. The van der Waals surface area contributed by atoms with Crippen LogP contribution in [0.15, 0.2) is 54.3 Å². The van der Waals surface area contributed by atoms with Crippen molar-refractivity contribution >= 4 is 11.6 Å². The molecule has 0 saturated carbocycles. The van der Waals surface area contributed by atoms with Gasteiger partial charge in [-0.25, -0.2) is 0 Å². The molecule has 0 aliphatic carbocycles. The molecule has 1 amide bonds. The predicted molar refractivity (Wildman–Crippen MR) is 74.0 cm³/mol. The topological polar surface area (TPSA) is 46.3 Å². The minimum Gasteiger partial charge on any atom is -0.366 e. The van der Waals surface area contributed by atoms with Crippen LogP contribution in [0.3, 0.4) is 0 Å². The van der Waals surface area contributed by atoms with E-state index >= 15 is 0 Å². The molecule has 0 radical (unpaired) electrons. The van der Waals surface area contributed by atoms with E-state index in [9.17, 15) is 4.79 Å². The molecular formula is C15H18N2O. The van der Waals surface area contributed by atoms with Crippen LogP contribution < -0.4 is 10.6 Å². The zero-order chi connectivity index (χ0) is 13.0. The van der Waals surface area contributed by atoms with Gasteiger partial charge in [0.25, 0.3) is 0 Å². The minimum absolute atomic E-state index is 0.0416. The molecule has 2 N–H and O–H groups in total. The predicted octanol–water partition coefficient (Wildman–Crippen LogP) is 2.60. The molecule has 1 aromatic carbocycles. The molecule has 1 atom stereocenters. The second-order valence-corrected chi connectivity index (χ2v) is 4.38. The number of para-hydroxylation sites is 1. The van der Waals surface area contributed by atoms with Gasteiger partial charge < -0.3 is 10.6 Å². The highest BCUT2D eigenvalue weighted by atomic mass is 16.1. The first kappa shape index (κ1) is 12.4. The summed E-state index contributed by atoms with van der Waals surface area (Å²) in [5, 5.41) is 0. The van der Waals surface area contributed by atoms with Gasteiger partial charge in [0.1, 0.15) is 0 Å². The van der Waals surface area contributed by atoms with Crippen LogP contribution in [0.4, 0.5) is 5.69 Å². The van der Waals surface area contributed by atoms with Gasteiger partial charge in [-0.3, -0.25) is 4.79 Å². The summed E-state index contributed by atoms with van der Waals surface area (Å²) in [5.74, 6) is -0.335. The number of hydrogen-bond acceptors (Lipinski definition) is 2. The first-order chi connectivity index (χ1) is 8.74. The van der Waals surface area contributed by atoms with E-state index < -0.39 is 0 Å². The van der Waals surface area contributed by atoms with Crippen LogP contribution in [0.2, 0.25) is 0 Å². The third-order valence-electron chi connectivity index (χ3n) is 3.12. The van der Waals surface area contributed by atoms with E-state index in [-0.39, 0.29) is 11.9 Å². The van der Waals surface area contributed by atoms with Crippen LogP contribution in [-0.2, 0) is 4.79 Å². The van der Waals surface area contributed by atoms with E-state index in [0.717, 1.165) is 18.5 Å². The first-order valence-electron chi connectivity index (χ1n) is 6.25. The molecule has 94 valence electrons. The van der Waals surface area contributed by atoms with Crippen LogP contribution in [0.25, 0.3) is 0 Å². The van der Waals surface area contributed by atoms with Crippen molar-refractivity contribution < 1.29 is 4.79 Å². The van der Waals surface area contributed by atoms with E-state index in [0.29, 0.717) is 5.57 Å². The Kier molecular flexibility index (Phi) is 3.82. The highest BCUT2D eigenvalue weighted by Gasteiger charge is 2.25. The summed E-state index contributed by atoms with van der Waals surface area (Å²) in [6, 6.07) is 10.1. The van der Waals surface area contributed by atoms with Gasteiger partial charge in [0.2, 0.25) is 5.91 Å². The maximum Gasteiger partial charge on any atom is 0.246 e. The molecule has 1 aliphatic rings. The van der Waals surface area contributed by atoms with Gasteiger partial charge in [-0.2, -0.15) is 0 Å². The molecule has 1 aromatic rings. The monoisotopic (exact) mass is 242 g/mol. The second kappa shape index (κ2) is 5.54. The molecule has 0 spiro atoms. The van der Waals surface area contributed by atoms with Crippen molar-refractivity contribution in [1.82, 2.24) is 0 Å². The maximum atomic E-state index is 11.5. The number of carbonyl (C=O) groups excluding carboxylic acids is 1. The van der Waals surface area contributed by atoms with Crippen LogP contribution >= 0.6 is 0 Å². The Morgan fingerprint density at radius 1 is 1.33 bits per heavy atom. The van der Waals surface area contributed by atoms with Crippen LogP contribution in [0.5, 0.6) is 0 Å². The Labute approximate surface area is 108 Å². The molecule has 0 saturated heterocycles. The lowest BCUT2D eigenvalue weighted by Crippen LogP contribution is -2.38. The van der Waals surface area contributed by atoms with E-state index in [4.69, 9.17) is 5.73 Å². The highest BCUT2D eigenvalue weighted by Crippen LogP contribution is 2.26. The lowest BCUT2D eigenvalue weighted by molar-refractivity contribution is -0.114. The van der Waals surface area contributed by atoms with Gasteiger partial charge >= 0.3 is 0 Å². The van der Waals surface area contributed by atoms with Gasteiger partial charge in [0.15, 0.2) is 0 Å². The van der Waals surface area contributed by atoms with Crippen molar-refractivity contribution in [3.63, 3.8) is 0 Å². The maximum absolute atomic E-state index is 11.5. The van der Waals surface area contributed by atoms with E-state index in [1.165, 1.54) is 0 Å². The molecule has 0 bridgehead atoms. The molecule has 3 heteroatoms. The summed E-state index contributed by atoms with van der Waals surface area (Å²) in [4.78, 5) is 13.6. The van der Waals surface area contributed by atoms with E-state index in [1.807, 2.05) is 48.7 Å². The van der Waals surface area contributed by atoms with Gasteiger partial charge in [0, 0.05) is 17.5 Å². The molecule has 1 unspecified atom stereocenters. The quantitative estimate of drug-likeness (QED) is 0.882. The van der Waals surface area contributed by atoms with Crippen molar-refractivity contribution in [3.8, 4) is 0 Å². The van der Waals surface area contributed by atoms with Gasteiger partial charge in [-0.15, -0.1) is 0 Å². The molecular weight excluding hydrogens is 224 g/mol. The zero-order valence-electron chi connectivity index (χ0n) is 10.5. The number of primary amides is 1. The molecule has 0 aromatic heterocycles. The zero-order valence-corrected chi connectivity index (χ0v) is 10.5. The average Bonchev–Trinajstić information content (AvgIpc) is 2.40. The molecule has 18 heavy (non-hydrogen) atoms. The summed E-state index contributed by atoms with van der Waals surface area (Å²) in [6.07, 6.45) is 7.62. The van der Waals surface area contributed by atoms with Crippen molar-refractivity contribution in [2.75, 3.05) is 4.90 Å². The fourth-order valence-electron chi connectivity index (χ4n) is 2.28. The number of carbonyl (C=O) groups is 1. The number of nitrogens with zero attached hydrogens (tertiary/aromatic N) is 1. The third kappa shape index (κ3) is 2.45. The standard InChI is InChI=1S/C15H18N2O/c1-2-7-14-13(15(16)18)10-6-11-17(14)12-8-4-3-5-9-12/h3-6,8-11,14H,2,7H2,1H3,(H2,16,18). The van der Waals surface area contributed by atoms with Gasteiger partial charge in [0.05, 0.1) is 6.04 Å². The van der Waals surface area contributed by atoms with Crippen molar-refractivity contribution in [3.05, 3.63) is 54.3 Å². The minimum atomic E-state index is -0.335. The number of allylic oxidation sites excluding steroid dienone is 2. The largest absolute Gasteiger partial charge is 0.366 e. The van der Waals surface area contributed by atoms with E-state index in [1.54, 1.807) is 0 Å². The average molecular weight is 242 g/mol. The Morgan fingerprint density at radius 2 is 2.06 bits per heavy atom. The van der Waals surface area contributed by atoms with Crippen molar-refractivity contribution in [2.24, 2.45) is 5.73 Å². The number of benzene rings is 1. The van der Waals surface area contributed by atoms with Crippen molar-refractivity contribution in [1.29, 1.82) is 0 Å². The van der Waals surface area contributed by atoms with Gasteiger partial charge in [-0.05, 0) is 30.7 Å². The van der Waals surface area contributed by atoms with Crippen molar-refractivity contribution in [2.45, 2.75) is 25.8 Å². The highest BCUT2D eigenvalue weighted by molar-refractivity contribution is 5.94. The molecule has 3 nitrogen and oxygen atoms in total. The Hall–Kier alpha value is -2.03. The summed E-state index contributed by atoms with van der Waals surface area (Å²) in [7, 11) is 0. The molecule has 1 heterocycles. The summed E-state index contributed by atoms with van der Waals surface area (Å²) in [5.41, 5.74) is 7.23. The van der Waals surface area contributed by atoms with Gasteiger partial charge in [-0.1, -0.05) is 31.5 Å². The second-order valence-electron chi connectivity index (χ2n) is 4.38. The SMILES string of the molecule is CCCC1C(C(N)=O)=CC=CN1c1ccccc1. The number of nitrogens with two attached hydrogens (primary N) is 1. The number of rotatable bonds is 4. The number of amides is 1. The number of anilines is 1. The summed E-state index contributed by atoms with van der Waals surface area (Å²) >= 11 is 0. The lowest BCUT2D eigenvalue weighted by Gasteiger charge is -2.33. The van der Waals surface area contributed by atoms with Crippen LogP contribution in [0, 0.1) is 0 Å². The molecule has 1 aliphatic heterocycles. The molecule has 0 fully saturated rings. The Bertz CT molecular complexity index is 477. The normalized spacial score (nSPS) is 18.6. The fraction of sp³-hybridized carbons (Fsp3) is 0.267. The first-order valence-corrected chi connectivity index (χ1v) is 6.25. The van der Waals surface area contributed by atoms with Crippen LogP contribution in [0.1, 0.15) is 19.8 Å². The fourth-order valence-corrected chi connectivity index (χ4v) is 2.28. The third-order valence-corrected chi connectivity index (χ3v) is 3.12.